The fraction of sp³-hybridized carbons (Fsp3) is 0.400. The molecule has 2 N–H and O–H groups in total. The molecule has 0 fully saturated rings. The van der Waals surface area contributed by atoms with Gasteiger partial charge in [0.1, 0.15) is 5.78 Å². The van der Waals surface area contributed by atoms with Crippen LogP contribution in [0.15, 0.2) is 0 Å². The Bertz CT molecular complexity index is 97.0. The van der Waals surface area contributed by atoms with Crippen molar-refractivity contribution < 1.29 is 4.79 Å². The molecule has 0 radical (unpaired) electrons. The van der Waals surface area contributed by atoms with E-state index in [0.717, 1.165) is 12.4 Å². The number of Topliss-reactive ketones (excluding diaryl/α,β-unsaturated/α-hetero) is 1. The van der Waals surface area contributed by atoms with Crippen LogP contribution >= 0.6 is 0 Å². The number of hydrogen-bond donors (Lipinski definition) is 2. The van der Waals surface area contributed by atoms with Gasteiger partial charge in [-0.05, 0) is 0 Å². The highest BCUT2D eigenvalue weighted by atomic mass is 16.1. The van der Waals surface area contributed by atoms with Crippen molar-refractivity contribution in [1.29, 1.82) is 10.8 Å². The van der Waals surface area contributed by atoms with E-state index < -0.39 is 0 Å². The normalized spacial score (nSPS) is 8.00. The van der Waals surface area contributed by atoms with Gasteiger partial charge in [-0.1, -0.05) is 0 Å². The van der Waals surface area contributed by atoms with Crippen molar-refractivity contribution in [2.45, 2.75) is 12.8 Å². The van der Waals surface area contributed by atoms with E-state index in [4.69, 9.17) is 10.8 Å². The molecule has 0 heterocycles. The van der Waals surface area contributed by atoms with Crippen molar-refractivity contribution in [1.82, 2.24) is 0 Å². The second kappa shape index (κ2) is 4.18. The molecule has 0 bridgehead atoms. The Morgan fingerprint density at radius 1 is 1.25 bits per heavy atom. The SMILES string of the molecule is N=CCC(=O)CC=N. The summed E-state index contributed by atoms with van der Waals surface area (Å²) in [5, 5.41) is 13.0. The van der Waals surface area contributed by atoms with Crippen LogP contribution in [-0.4, -0.2) is 18.2 Å². The lowest BCUT2D eigenvalue weighted by Crippen LogP contribution is -1.96. The van der Waals surface area contributed by atoms with E-state index in [1.807, 2.05) is 0 Å². The van der Waals surface area contributed by atoms with Crippen LogP contribution in [0.2, 0.25) is 0 Å². The van der Waals surface area contributed by atoms with Gasteiger partial charge in [-0.25, -0.2) is 0 Å². The van der Waals surface area contributed by atoms with Gasteiger partial charge in [-0.2, -0.15) is 0 Å². The molecule has 0 aliphatic carbocycles. The summed E-state index contributed by atoms with van der Waals surface area (Å²) >= 11 is 0. The predicted molar refractivity (Wildman–Crippen MR) is 31.8 cm³/mol. The molecule has 0 aliphatic heterocycles. The van der Waals surface area contributed by atoms with E-state index in [-0.39, 0.29) is 18.6 Å². The minimum Gasteiger partial charge on any atom is -0.313 e. The molecule has 44 valence electrons. The number of carbonyl (C=O) groups excluding carboxylic acids is 1. The fourth-order valence-corrected chi connectivity index (χ4v) is 0.311. The summed E-state index contributed by atoms with van der Waals surface area (Å²) < 4.78 is 0. The highest BCUT2D eigenvalue weighted by Gasteiger charge is 1.92. The third kappa shape index (κ3) is 3.21. The molecular formula is C5H8N2O. The first-order chi connectivity index (χ1) is 3.81. The summed E-state index contributed by atoms with van der Waals surface area (Å²) in [5.41, 5.74) is 0. The lowest BCUT2D eigenvalue weighted by molar-refractivity contribution is -0.116. The van der Waals surface area contributed by atoms with Gasteiger partial charge in [0.25, 0.3) is 0 Å². The van der Waals surface area contributed by atoms with E-state index in [0.29, 0.717) is 0 Å². The number of ketones is 1. The van der Waals surface area contributed by atoms with E-state index in [1.165, 1.54) is 0 Å². The third-order valence-corrected chi connectivity index (χ3v) is 0.659. The zero-order chi connectivity index (χ0) is 6.41. The smallest absolute Gasteiger partial charge is 0.143 e. The van der Waals surface area contributed by atoms with Crippen LogP contribution in [0.3, 0.4) is 0 Å². The van der Waals surface area contributed by atoms with Gasteiger partial charge in [0.15, 0.2) is 0 Å². The van der Waals surface area contributed by atoms with Gasteiger partial charge in [0.2, 0.25) is 0 Å². The second-order valence-corrected chi connectivity index (χ2v) is 1.36. The molecule has 0 amide bonds. The first-order valence-electron chi connectivity index (χ1n) is 2.31. The van der Waals surface area contributed by atoms with Crippen molar-refractivity contribution in [3.05, 3.63) is 0 Å². The first kappa shape index (κ1) is 7.01. The Balaban J connectivity index is 3.32. The van der Waals surface area contributed by atoms with Gasteiger partial charge < -0.3 is 10.8 Å². The highest BCUT2D eigenvalue weighted by molar-refractivity contribution is 5.97. The molecule has 0 aromatic carbocycles. The Kier molecular flexibility index (Phi) is 3.66. The zero-order valence-corrected chi connectivity index (χ0v) is 4.48. The lowest BCUT2D eigenvalue weighted by Gasteiger charge is -1.83. The van der Waals surface area contributed by atoms with Crippen LogP contribution in [0.1, 0.15) is 12.8 Å². The molecule has 8 heavy (non-hydrogen) atoms. The average Bonchev–Trinajstić information content (AvgIpc) is 1.68. The molecule has 0 aromatic rings. The average molecular weight is 112 g/mol. The highest BCUT2D eigenvalue weighted by Crippen LogP contribution is 1.80. The van der Waals surface area contributed by atoms with Crippen LogP contribution in [-0.2, 0) is 4.79 Å². The molecule has 3 heteroatoms. The van der Waals surface area contributed by atoms with E-state index >= 15 is 0 Å². The van der Waals surface area contributed by atoms with E-state index in [1.54, 1.807) is 0 Å². The maximum Gasteiger partial charge on any atom is 0.143 e. The van der Waals surface area contributed by atoms with Crippen molar-refractivity contribution in [2.24, 2.45) is 0 Å². The second-order valence-electron chi connectivity index (χ2n) is 1.36. The summed E-state index contributed by atoms with van der Waals surface area (Å²) in [6.45, 7) is 0. The van der Waals surface area contributed by atoms with Gasteiger partial charge in [0, 0.05) is 25.3 Å². The Hall–Kier alpha value is -0.990. The molecule has 0 spiro atoms. The molecule has 0 unspecified atom stereocenters. The standard InChI is InChI=1S/C5H8N2O/c6-3-1-5(8)2-4-7/h3-4,6-7H,1-2H2. The topological polar surface area (TPSA) is 64.8 Å². The number of carbonyl (C=O) groups is 1. The molecule has 0 saturated carbocycles. The van der Waals surface area contributed by atoms with Gasteiger partial charge in [-0.15, -0.1) is 0 Å². The van der Waals surface area contributed by atoms with Crippen molar-refractivity contribution in [3.8, 4) is 0 Å². The Morgan fingerprint density at radius 3 is 1.88 bits per heavy atom. The van der Waals surface area contributed by atoms with E-state index in [9.17, 15) is 4.79 Å². The third-order valence-electron chi connectivity index (χ3n) is 0.659. The maximum atomic E-state index is 10.3. The molecule has 0 rings (SSSR count). The maximum absolute atomic E-state index is 10.3. The summed E-state index contributed by atoms with van der Waals surface area (Å²) in [6, 6.07) is 0. The molecule has 0 saturated heterocycles. The Morgan fingerprint density at radius 2 is 1.62 bits per heavy atom. The number of rotatable bonds is 4. The van der Waals surface area contributed by atoms with Crippen LogP contribution in [0.5, 0.6) is 0 Å². The fourth-order valence-electron chi connectivity index (χ4n) is 0.311. The molecule has 3 nitrogen and oxygen atoms in total. The summed E-state index contributed by atoms with van der Waals surface area (Å²) in [4.78, 5) is 10.3. The summed E-state index contributed by atoms with van der Waals surface area (Å²) in [7, 11) is 0. The molecule has 0 atom stereocenters. The Labute approximate surface area is 47.7 Å². The summed E-state index contributed by atoms with van der Waals surface area (Å²) in [5.74, 6) is -0.0741. The van der Waals surface area contributed by atoms with Gasteiger partial charge in [-0.3, -0.25) is 4.79 Å². The largest absolute Gasteiger partial charge is 0.313 e. The monoisotopic (exact) mass is 112 g/mol. The molecule has 0 aliphatic rings. The zero-order valence-electron chi connectivity index (χ0n) is 4.48. The summed E-state index contributed by atoms with van der Waals surface area (Å²) in [6.07, 6.45) is 2.42. The van der Waals surface area contributed by atoms with Crippen LogP contribution in [0, 0.1) is 10.8 Å². The number of hydrogen-bond acceptors (Lipinski definition) is 3. The van der Waals surface area contributed by atoms with Gasteiger partial charge >= 0.3 is 0 Å². The van der Waals surface area contributed by atoms with Crippen molar-refractivity contribution in [3.63, 3.8) is 0 Å². The van der Waals surface area contributed by atoms with Crippen molar-refractivity contribution >= 4 is 18.2 Å². The van der Waals surface area contributed by atoms with Crippen LogP contribution in [0.4, 0.5) is 0 Å². The molecule has 0 aromatic heterocycles. The van der Waals surface area contributed by atoms with Gasteiger partial charge in [0.05, 0.1) is 0 Å². The van der Waals surface area contributed by atoms with E-state index in [2.05, 4.69) is 0 Å². The first-order valence-corrected chi connectivity index (χ1v) is 2.31. The number of nitrogens with one attached hydrogen (secondary N) is 2. The van der Waals surface area contributed by atoms with Crippen LogP contribution < -0.4 is 0 Å². The minimum atomic E-state index is -0.0741. The molecular weight excluding hydrogens is 104 g/mol. The lowest BCUT2D eigenvalue weighted by atomic mass is 10.2. The van der Waals surface area contributed by atoms with Crippen LogP contribution in [0.25, 0.3) is 0 Å². The predicted octanol–water partition coefficient (Wildman–Crippen LogP) is 0.635. The quantitative estimate of drug-likeness (QED) is 0.515. The van der Waals surface area contributed by atoms with Crippen molar-refractivity contribution in [2.75, 3.05) is 0 Å². The minimum absolute atomic E-state index is 0.0741.